The number of hydrogen-bond acceptors (Lipinski definition) is 5. The number of rotatable bonds is 10. The van der Waals surface area contributed by atoms with E-state index in [1.54, 1.807) is 24.3 Å². The monoisotopic (exact) mass is 433 g/mol. The van der Waals surface area contributed by atoms with Gasteiger partial charge in [-0.05, 0) is 29.7 Å². The summed E-state index contributed by atoms with van der Waals surface area (Å²) in [5.41, 5.74) is 2.28. The molecule has 32 heavy (non-hydrogen) atoms. The fraction of sp³-hybridized carbons (Fsp3) is 0.231. The molecule has 0 saturated heterocycles. The Morgan fingerprint density at radius 3 is 1.97 bits per heavy atom. The van der Waals surface area contributed by atoms with Crippen molar-refractivity contribution in [3.63, 3.8) is 0 Å². The van der Waals surface area contributed by atoms with Crippen LogP contribution in [0.2, 0.25) is 0 Å². The molecule has 3 aromatic rings. The Morgan fingerprint density at radius 2 is 1.34 bits per heavy atom. The average Bonchev–Trinajstić information content (AvgIpc) is 2.84. The first-order valence-electron chi connectivity index (χ1n) is 10.5. The molecule has 1 amide bonds. The summed E-state index contributed by atoms with van der Waals surface area (Å²) in [7, 11) is 0. The molecule has 0 fully saturated rings. The first-order chi connectivity index (χ1) is 15.6. The van der Waals surface area contributed by atoms with Crippen LogP contribution in [0.3, 0.4) is 0 Å². The quantitative estimate of drug-likeness (QED) is 0.470. The van der Waals surface area contributed by atoms with E-state index in [4.69, 9.17) is 9.47 Å². The van der Waals surface area contributed by atoms with Crippen LogP contribution < -0.4 is 5.32 Å². The summed E-state index contributed by atoms with van der Waals surface area (Å²) in [6.07, 6.45) is -0.956. The number of ether oxygens (including phenoxy) is 2. The van der Waals surface area contributed by atoms with Crippen molar-refractivity contribution in [3.05, 3.63) is 108 Å². The van der Waals surface area contributed by atoms with Crippen LogP contribution in [-0.4, -0.2) is 35.9 Å². The van der Waals surface area contributed by atoms with Crippen LogP contribution in [0.1, 0.15) is 27.9 Å². The van der Waals surface area contributed by atoms with Crippen LogP contribution >= 0.6 is 0 Å². The number of aliphatic hydroxyl groups is 1. The zero-order chi connectivity index (χ0) is 22.6. The number of carbonyl (C=O) groups is 2. The second kappa shape index (κ2) is 12.3. The molecular formula is C26H27NO5. The highest BCUT2D eigenvalue weighted by Gasteiger charge is 2.23. The number of amides is 1. The maximum atomic E-state index is 12.4. The Balaban J connectivity index is 1.54. The van der Waals surface area contributed by atoms with Gasteiger partial charge in [0.1, 0.15) is 6.61 Å². The van der Waals surface area contributed by atoms with E-state index >= 15 is 0 Å². The molecule has 2 atom stereocenters. The van der Waals surface area contributed by atoms with Gasteiger partial charge < -0.3 is 19.9 Å². The lowest BCUT2D eigenvalue weighted by Gasteiger charge is -2.24. The molecule has 3 rings (SSSR count). The van der Waals surface area contributed by atoms with Gasteiger partial charge in [0.05, 0.1) is 24.3 Å². The van der Waals surface area contributed by atoms with Crippen molar-refractivity contribution in [2.45, 2.75) is 31.6 Å². The zero-order valence-corrected chi connectivity index (χ0v) is 17.7. The molecule has 0 aromatic heterocycles. The predicted molar refractivity (Wildman–Crippen MR) is 121 cm³/mol. The van der Waals surface area contributed by atoms with Crippen LogP contribution in [0, 0.1) is 0 Å². The number of esters is 1. The van der Waals surface area contributed by atoms with Gasteiger partial charge in [-0.2, -0.15) is 0 Å². The van der Waals surface area contributed by atoms with E-state index in [1.807, 2.05) is 66.7 Å². The standard InChI is InChI=1S/C26H27NO5/c28-24(16-17-31-25(29)22-14-8-3-9-15-22)23(18-20-10-4-1-5-11-20)27-26(30)32-19-21-12-6-2-7-13-21/h1-15,23-24,28H,16-19H2,(H,27,30). The number of aliphatic hydroxyl groups excluding tert-OH is 1. The normalized spacial score (nSPS) is 12.4. The molecule has 166 valence electrons. The Bertz CT molecular complexity index is 963. The molecule has 0 heterocycles. The number of hydrogen-bond donors (Lipinski definition) is 2. The lowest BCUT2D eigenvalue weighted by molar-refractivity contribution is 0.0379. The number of carbonyl (C=O) groups excluding carboxylic acids is 2. The summed E-state index contributed by atoms with van der Waals surface area (Å²) in [5.74, 6) is -0.451. The molecule has 0 bridgehead atoms. The smallest absolute Gasteiger partial charge is 0.407 e. The minimum absolute atomic E-state index is 0.0287. The molecule has 0 radical (unpaired) electrons. The molecule has 0 spiro atoms. The van der Waals surface area contributed by atoms with Gasteiger partial charge in [0, 0.05) is 6.42 Å². The first kappa shape index (κ1) is 23.0. The third-order valence-corrected chi connectivity index (χ3v) is 4.94. The van der Waals surface area contributed by atoms with Gasteiger partial charge in [0.25, 0.3) is 0 Å². The third-order valence-electron chi connectivity index (χ3n) is 4.94. The van der Waals surface area contributed by atoms with Crippen LogP contribution in [0.25, 0.3) is 0 Å². The van der Waals surface area contributed by atoms with Gasteiger partial charge in [-0.3, -0.25) is 0 Å². The molecule has 0 aliphatic carbocycles. The van der Waals surface area contributed by atoms with E-state index in [9.17, 15) is 14.7 Å². The third kappa shape index (κ3) is 7.56. The van der Waals surface area contributed by atoms with E-state index in [2.05, 4.69) is 5.32 Å². The van der Waals surface area contributed by atoms with E-state index in [0.29, 0.717) is 12.0 Å². The van der Waals surface area contributed by atoms with Gasteiger partial charge in [0.2, 0.25) is 0 Å². The summed E-state index contributed by atoms with van der Waals surface area (Å²) < 4.78 is 10.6. The van der Waals surface area contributed by atoms with Gasteiger partial charge in [-0.1, -0.05) is 78.9 Å². The highest BCUT2D eigenvalue weighted by atomic mass is 16.5. The largest absolute Gasteiger partial charge is 0.462 e. The minimum Gasteiger partial charge on any atom is -0.462 e. The van der Waals surface area contributed by atoms with Crippen LogP contribution in [0.5, 0.6) is 0 Å². The van der Waals surface area contributed by atoms with Crippen molar-refractivity contribution in [2.75, 3.05) is 6.61 Å². The lowest BCUT2D eigenvalue weighted by Crippen LogP contribution is -2.45. The highest BCUT2D eigenvalue weighted by molar-refractivity contribution is 5.89. The van der Waals surface area contributed by atoms with Crippen LogP contribution in [0.4, 0.5) is 4.79 Å². The minimum atomic E-state index is -0.928. The van der Waals surface area contributed by atoms with Gasteiger partial charge in [-0.15, -0.1) is 0 Å². The number of alkyl carbamates (subject to hydrolysis) is 1. The molecular weight excluding hydrogens is 406 g/mol. The van der Waals surface area contributed by atoms with E-state index < -0.39 is 24.2 Å². The number of benzene rings is 3. The summed E-state index contributed by atoms with van der Waals surface area (Å²) in [6.45, 7) is 0.163. The first-order valence-corrected chi connectivity index (χ1v) is 10.5. The molecule has 2 unspecified atom stereocenters. The number of nitrogens with one attached hydrogen (secondary N) is 1. The maximum Gasteiger partial charge on any atom is 0.407 e. The molecule has 0 aliphatic rings. The van der Waals surface area contributed by atoms with Crippen molar-refractivity contribution in [1.82, 2.24) is 5.32 Å². The summed E-state index contributed by atoms with van der Waals surface area (Å²) in [5, 5.41) is 13.5. The SMILES string of the molecule is O=C(NC(Cc1ccccc1)C(O)CCOC(=O)c1ccccc1)OCc1ccccc1. The Kier molecular flexibility index (Phi) is 8.83. The Hall–Kier alpha value is -3.64. The lowest BCUT2D eigenvalue weighted by atomic mass is 9.99. The van der Waals surface area contributed by atoms with Crippen LogP contribution in [-0.2, 0) is 22.5 Å². The topological polar surface area (TPSA) is 84.9 Å². The van der Waals surface area contributed by atoms with Crippen LogP contribution in [0.15, 0.2) is 91.0 Å². The fourth-order valence-corrected chi connectivity index (χ4v) is 3.20. The zero-order valence-electron chi connectivity index (χ0n) is 17.7. The van der Waals surface area contributed by atoms with Crippen molar-refractivity contribution in [1.29, 1.82) is 0 Å². The van der Waals surface area contributed by atoms with Crippen molar-refractivity contribution in [2.24, 2.45) is 0 Å². The molecule has 0 aliphatic heterocycles. The van der Waals surface area contributed by atoms with Crippen molar-refractivity contribution >= 4 is 12.1 Å². The van der Waals surface area contributed by atoms with E-state index in [0.717, 1.165) is 11.1 Å². The molecule has 6 heteroatoms. The summed E-state index contributed by atoms with van der Waals surface area (Å²) >= 11 is 0. The van der Waals surface area contributed by atoms with Gasteiger partial charge >= 0.3 is 12.1 Å². The molecule has 6 nitrogen and oxygen atoms in total. The average molecular weight is 434 g/mol. The fourth-order valence-electron chi connectivity index (χ4n) is 3.20. The van der Waals surface area contributed by atoms with Gasteiger partial charge in [0.15, 0.2) is 0 Å². The molecule has 0 saturated carbocycles. The second-order valence-corrected chi connectivity index (χ2v) is 7.36. The Morgan fingerprint density at radius 1 is 0.781 bits per heavy atom. The highest BCUT2D eigenvalue weighted by Crippen LogP contribution is 2.11. The molecule has 3 aromatic carbocycles. The predicted octanol–water partition coefficient (Wildman–Crippen LogP) is 4.13. The van der Waals surface area contributed by atoms with Crippen molar-refractivity contribution < 1.29 is 24.2 Å². The van der Waals surface area contributed by atoms with Crippen molar-refractivity contribution in [3.8, 4) is 0 Å². The van der Waals surface area contributed by atoms with Gasteiger partial charge in [-0.25, -0.2) is 9.59 Å². The van der Waals surface area contributed by atoms with E-state index in [1.165, 1.54) is 0 Å². The van der Waals surface area contributed by atoms with E-state index in [-0.39, 0.29) is 19.6 Å². The molecule has 2 N–H and O–H groups in total. The Labute approximate surface area is 187 Å². The summed E-state index contributed by atoms with van der Waals surface area (Å²) in [6, 6.07) is 27.0. The summed E-state index contributed by atoms with van der Waals surface area (Å²) in [4.78, 5) is 24.4. The maximum absolute atomic E-state index is 12.4. The second-order valence-electron chi connectivity index (χ2n) is 7.36.